The fourth-order valence-electron chi connectivity index (χ4n) is 4.38. The largest absolute Gasteiger partial charge is 0.457 e. The van der Waals surface area contributed by atoms with E-state index >= 15 is 0 Å². The first kappa shape index (κ1) is 22.5. The summed E-state index contributed by atoms with van der Waals surface area (Å²) in [6, 6.07) is 14.6. The molecule has 0 saturated carbocycles. The Bertz CT molecular complexity index is 1220. The van der Waals surface area contributed by atoms with Gasteiger partial charge in [-0.1, -0.05) is 29.8 Å². The number of benzene rings is 2. The van der Waals surface area contributed by atoms with Crippen molar-refractivity contribution in [2.45, 2.75) is 12.5 Å². The molecule has 1 fully saturated rings. The first-order valence-electron chi connectivity index (χ1n) is 11.3. The van der Waals surface area contributed by atoms with Gasteiger partial charge >= 0.3 is 0 Å². The molecule has 0 spiro atoms. The van der Waals surface area contributed by atoms with E-state index in [0.29, 0.717) is 52.5 Å². The number of carbonyl (C=O) groups excluding carboxylic acids is 1. The molecular weight excluding hydrogens is 452 g/mol. The number of carbonyl (C=O) groups is 1. The fourth-order valence-corrected chi connectivity index (χ4v) is 4.64. The Balaban J connectivity index is 1.36. The third-order valence-corrected chi connectivity index (χ3v) is 6.47. The van der Waals surface area contributed by atoms with Crippen molar-refractivity contribution >= 4 is 28.8 Å². The van der Waals surface area contributed by atoms with E-state index in [4.69, 9.17) is 16.3 Å². The number of halogens is 1. The number of aliphatic hydroxyl groups excluding tert-OH is 1. The van der Waals surface area contributed by atoms with Crippen molar-refractivity contribution in [3.63, 3.8) is 0 Å². The molecule has 0 aromatic heterocycles. The van der Waals surface area contributed by atoms with Gasteiger partial charge in [-0.3, -0.25) is 14.8 Å². The van der Waals surface area contributed by atoms with E-state index in [2.05, 4.69) is 20.6 Å². The van der Waals surface area contributed by atoms with Crippen LogP contribution in [-0.4, -0.2) is 54.6 Å². The number of hydrogen-bond acceptors (Lipinski definition) is 7. The Morgan fingerprint density at radius 1 is 1.21 bits per heavy atom. The number of ketones is 1. The SMILES string of the molecule is O=C(C1=NCC2=NC=CC2=C1NC[C@H]1CN[C@H](CO)C1)c1ccc(Oc2ccccc2)cc1Cl. The predicted molar refractivity (Wildman–Crippen MR) is 133 cm³/mol. The summed E-state index contributed by atoms with van der Waals surface area (Å²) in [7, 11) is 0. The van der Waals surface area contributed by atoms with Crippen LogP contribution in [0.15, 0.2) is 82.1 Å². The van der Waals surface area contributed by atoms with Gasteiger partial charge in [0.05, 0.1) is 29.6 Å². The molecule has 0 radical (unpaired) electrons. The van der Waals surface area contributed by atoms with Crippen LogP contribution in [0.3, 0.4) is 0 Å². The van der Waals surface area contributed by atoms with Gasteiger partial charge in [-0.15, -0.1) is 0 Å². The van der Waals surface area contributed by atoms with Crippen LogP contribution in [0.4, 0.5) is 0 Å². The molecule has 5 rings (SSSR count). The molecule has 8 heteroatoms. The van der Waals surface area contributed by atoms with Gasteiger partial charge in [-0.25, -0.2) is 0 Å². The zero-order valence-corrected chi connectivity index (χ0v) is 19.3. The minimum Gasteiger partial charge on any atom is -0.457 e. The van der Waals surface area contributed by atoms with Crippen molar-refractivity contribution in [3.05, 3.63) is 82.7 Å². The molecule has 174 valence electrons. The number of nitrogens with one attached hydrogen (secondary N) is 2. The Morgan fingerprint density at radius 2 is 2.06 bits per heavy atom. The molecule has 3 N–H and O–H groups in total. The van der Waals surface area contributed by atoms with Gasteiger partial charge in [0, 0.05) is 42.5 Å². The molecule has 3 heterocycles. The molecule has 3 aliphatic rings. The number of aliphatic hydroxyl groups is 1. The third-order valence-electron chi connectivity index (χ3n) is 6.16. The smallest absolute Gasteiger partial charge is 0.214 e. The van der Waals surface area contributed by atoms with E-state index in [1.165, 1.54) is 0 Å². The maximum atomic E-state index is 13.5. The monoisotopic (exact) mass is 476 g/mol. The maximum absolute atomic E-state index is 13.5. The number of Topliss-reactive ketones (excluding diaryl/α,β-unsaturated/α-hetero) is 1. The Labute approximate surface area is 202 Å². The van der Waals surface area contributed by atoms with Crippen LogP contribution in [0, 0.1) is 5.92 Å². The zero-order chi connectivity index (χ0) is 23.5. The lowest BCUT2D eigenvalue weighted by Gasteiger charge is -2.22. The van der Waals surface area contributed by atoms with Crippen LogP contribution in [0.1, 0.15) is 16.8 Å². The van der Waals surface area contributed by atoms with Gasteiger partial charge in [0.1, 0.15) is 17.2 Å². The van der Waals surface area contributed by atoms with Crippen molar-refractivity contribution in [2.24, 2.45) is 15.9 Å². The van der Waals surface area contributed by atoms with E-state index in [9.17, 15) is 9.90 Å². The average Bonchev–Trinajstić information content (AvgIpc) is 3.52. The first-order valence-corrected chi connectivity index (χ1v) is 11.7. The standard InChI is InChI=1S/C26H25ClN4O3/c27-22-11-19(34-18-4-2-1-3-5-18)6-7-20(22)26(33)25-24(21-8-9-28-23(21)14-31-25)30-13-16-10-17(15-32)29-12-16/h1-9,11,16-17,29-30,32H,10,12-15H2/t16-,17+/m1/s1. The number of aliphatic imine (C=N–C) groups is 2. The molecule has 0 aliphatic carbocycles. The highest BCUT2D eigenvalue weighted by molar-refractivity contribution is 6.55. The van der Waals surface area contributed by atoms with Gasteiger partial charge in [0.25, 0.3) is 0 Å². The van der Waals surface area contributed by atoms with E-state index in [0.717, 1.165) is 24.3 Å². The number of fused-ring (bicyclic) bond motifs is 1. The molecular formula is C26H25ClN4O3. The summed E-state index contributed by atoms with van der Waals surface area (Å²) < 4.78 is 5.83. The second-order valence-corrected chi connectivity index (χ2v) is 8.91. The summed E-state index contributed by atoms with van der Waals surface area (Å²) in [6.07, 6.45) is 4.51. The molecule has 2 aromatic rings. The molecule has 34 heavy (non-hydrogen) atoms. The van der Waals surface area contributed by atoms with E-state index in [1.807, 2.05) is 36.4 Å². The summed E-state index contributed by atoms with van der Waals surface area (Å²) in [5, 5.41) is 16.5. The topological polar surface area (TPSA) is 95.3 Å². The zero-order valence-electron chi connectivity index (χ0n) is 18.5. The summed E-state index contributed by atoms with van der Waals surface area (Å²) >= 11 is 6.52. The minimum atomic E-state index is -0.247. The van der Waals surface area contributed by atoms with Gasteiger partial charge < -0.3 is 20.5 Å². The molecule has 7 nitrogen and oxygen atoms in total. The van der Waals surface area contributed by atoms with Gasteiger partial charge in [0.2, 0.25) is 5.78 Å². The van der Waals surface area contributed by atoms with Crippen molar-refractivity contribution in [1.82, 2.24) is 10.6 Å². The Hall–Kier alpha value is -3.26. The van der Waals surface area contributed by atoms with Gasteiger partial charge in [-0.05, 0) is 42.7 Å². The second kappa shape index (κ2) is 9.93. The van der Waals surface area contributed by atoms with Crippen LogP contribution in [0.2, 0.25) is 5.02 Å². The van der Waals surface area contributed by atoms with E-state index in [-0.39, 0.29) is 18.4 Å². The lowest BCUT2D eigenvalue weighted by Crippen LogP contribution is -2.36. The van der Waals surface area contributed by atoms with Gasteiger partial charge in [-0.2, -0.15) is 0 Å². The molecule has 0 amide bonds. The second-order valence-electron chi connectivity index (χ2n) is 8.50. The minimum absolute atomic E-state index is 0.115. The van der Waals surface area contributed by atoms with E-state index < -0.39 is 0 Å². The number of rotatable bonds is 8. The summed E-state index contributed by atoms with van der Waals surface area (Å²) in [6.45, 7) is 1.94. The van der Waals surface area contributed by atoms with Crippen LogP contribution >= 0.6 is 11.6 Å². The average molecular weight is 477 g/mol. The highest BCUT2D eigenvalue weighted by Gasteiger charge is 2.30. The molecule has 0 unspecified atom stereocenters. The number of allylic oxidation sites excluding steroid dienone is 2. The number of para-hydroxylation sites is 1. The van der Waals surface area contributed by atoms with Crippen LogP contribution in [0.25, 0.3) is 0 Å². The third kappa shape index (κ3) is 4.68. The van der Waals surface area contributed by atoms with Crippen LogP contribution < -0.4 is 15.4 Å². The lowest BCUT2D eigenvalue weighted by atomic mass is 9.96. The van der Waals surface area contributed by atoms with Gasteiger partial charge in [0.15, 0.2) is 0 Å². The fraction of sp³-hybridized carbons (Fsp3) is 0.269. The van der Waals surface area contributed by atoms with Crippen molar-refractivity contribution in [3.8, 4) is 11.5 Å². The number of dihydropyridines is 1. The molecule has 2 atom stereocenters. The molecule has 3 aliphatic heterocycles. The van der Waals surface area contributed by atoms with E-state index in [1.54, 1.807) is 24.4 Å². The normalized spacial score (nSPS) is 21.2. The number of hydrogen-bond donors (Lipinski definition) is 3. The lowest BCUT2D eigenvalue weighted by molar-refractivity contribution is 0.106. The van der Waals surface area contributed by atoms with Crippen LogP contribution in [0.5, 0.6) is 11.5 Å². The first-order chi connectivity index (χ1) is 16.6. The molecule has 0 bridgehead atoms. The van der Waals surface area contributed by atoms with Crippen molar-refractivity contribution in [2.75, 3.05) is 26.2 Å². The quantitative estimate of drug-likeness (QED) is 0.506. The Morgan fingerprint density at radius 3 is 2.82 bits per heavy atom. The molecule has 1 saturated heterocycles. The van der Waals surface area contributed by atoms with Crippen LogP contribution in [-0.2, 0) is 0 Å². The maximum Gasteiger partial charge on any atom is 0.214 e. The summed E-state index contributed by atoms with van der Waals surface area (Å²) in [5.74, 6) is 1.33. The highest BCUT2D eigenvalue weighted by atomic mass is 35.5. The number of nitrogens with zero attached hydrogens (tertiary/aromatic N) is 2. The summed E-state index contributed by atoms with van der Waals surface area (Å²) in [4.78, 5) is 22.5. The van der Waals surface area contributed by atoms with Crippen molar-refractivity contribution < 1.29 is 14.6 Å². The summed E-state index contributed by atoms with van der Waals surface area (Å²) in [5.41, 5.74) is 3.13. The highest BCUT2D eigenvalue weighted by Crippen LogP contribution is 2.29. The van der Waals surface area contributed by atoms with Crippen molar-refractivity contribution in [1.29, 1.82) is 0 Å². The molecule has 2 aromatic carbocycles. The predicted octanol–water partition coefficient (Wildman–Crippen LogP) is 3.55. The Kier molecular flexibility index (Phi) is 6.58. The number of ether oxygens (including phenoxy) is 1.